The van der Waals surface area contributed by atoms with E-state index >= 15 is 0 Å². The molecule has 112 valence electrons. The van der Waals surface area contributed by atoms with Gasteiger partial charge in [0.25, 0.3) is 0 Å². The summed E-state index contributed by atoms with van der Waals surface area (Å²) in [7, 11) is 0. The second-order valence-corrected chi connectivity index (χ2v) is 6.10. The predicted molar refractivity (Wildman–Crippen MR) is 88.3 cm³/mol. The van der Waals surface area contributed by atoms with Gasteiger partial charge in [-0.2, -0.15) is 0 Å². The fraction of sp³-hybridized carbons (Fsp3) is 0.368. The standard InChI is InChI=1S/C19H24FN/c1-13(2)15-9-10-19(17(11-15)14(3)4)21-12-16-7-5-6-8-18(16)20/h5-11,13-14,21H,12H2,1-4H3. The molecule has 2 aromatic carbocycles. The Morgan fingerprint density at radius 3 is 2.29 bits per heavy atom. The summed E-state index contributed by atoms with van der Waals surface area (Å²) in [4.78, 5) is 0. The summed E-state index contributed by atoms with van der Waals surface area (Å²) >= 11 is 0. The smallest absolute Gasteiger partial charge is 0.128 e. The summed E-state index contributed by atoms with van der Waals surface area (Å²) in [5.74, 6) is 0.796. The lowest BCUT2D eigenvalue weighted by molar-refractivity contribution is 0.613. The first kappa shape index (κ1) is 15.6. The molecule has 0 saturated heterocycles. The quantitative estimate of drug-likeness (QED) is 0.744. The van der Waals surface area contributed by atoms with E-state index in [9.17, 15) is 4.39 Å². The van der Waals surface area contributed by atoms with Crippen molar-refractivity contribution in [3.8, 4) is 0 Å². The van der Waals surface area contributed by atoms with Gasteiger partial charge in [-0.3, -0.25) is 0 Å². The second kappa shape index (κ2) is 6.75. The largest absolute Gasteiger partial charge is 0.381 e. The van der Waals surface area contributed by atoms with Crippen LogP contribution in [0.15, 0.2) is 42.5 Å². The van der Waals surface area contributed by atoms with Crippen LogP contribution in [0.3, 0.4) is 0 Å². The van der Waals surface area contributed by atoms with E-state index < -0.39 is 0 Å². The van der Waals surface area contributed by atoms with Crippen LogP contribution in [0.4, 0.5) is 10.1 Å². The Morgan fingerprint density at radius 1 is 0.952 bits per heavy atom. The third-order valence-corrected chi connectivity index (χ3v) is 3.79. The van der Waals surface area contributed by atoms with E-state index in [1.54, 1.807) is 6.07 Å². The molecular formula is C19H24FN. The topological polar surface area (TPSA) is 12.0 Å². The lowest BCUT2D eigenvalue weighted by Gasteiger charge is -2.18. The van der Waals surface area contributed by atoms with Crippen LogP contribution in [0.25, 0.3) is 0 Å². The highest BCUT2D eigenvalue weighted by molar-refractivity contribution is 5.55. The van der Waals surface area contributed by atoms with Gasteiger partial charge in [0.1, 0.15) is 5.82 Å². The Kier molecular flexibility index (Phi) is 5.00. The monoisotopic (exact) mass is 285 g/mol. The molecule has 0 atom stereocenters. The number of anilines is 1. The number of hydrogen-bond acceptors (Lipinski definition) is 1. The molecule has 0 aliphatic heterocycles. The van der Waals surface area contributed by atoms with Gasteiger partial charge in [-0.25, -0.2) is 4.39 Å². The van der Waals surface area contributed by atoms with E-state index in [0.717, 1.165) is 5.69 Å². The van der Waals surface area contributed by atoms with Gasteiger partial charge in [-0.1, -0.05) is 58.0 Å². The van der Waals surface area contributed by atoms with Crippen molar-refractivity contribution in [1.82, 2.24) is 0 Å². The Balaban J connectivity index is 2.21. The number of halogens is 1. The van der Waals surface area contributed by atoms with Gasteiger partial charge in [0.15, 0.2) is 0 Å². The summed E-state index contributed by atoms with van der Waals surface area (Å²) in [5, 5.41) is 3.38. The van der Waals surface area contributed by atoms with Crippen molar-refractivity contribution in [2.45, 2.75) is 46.1 Å². The first-order valence-electron chi connectivity index (χ1n) is 7.60. The molecule has 0 fully saturated rings. The minimum Gasteiger partial charge on any atom is -0.381 e. The predicted octanol–water partition coefficient (Wildman–Crippen LogP) is 5.68. The van der Waals surface area contributed by atoms with Crippen molar-refractivity contribution in [2.24, 2.45) is 0 Å². The van der Waals surface area contributed by atoms with E-state index in [1.807, 2.05) is 12.1 Å². The molecule has 1 nitrogen and oxygen atoms in total. The van der Waals surface area contributed by atoms with Crippen molar-refractivity contribution in [3.63, 3.8) is 0 Å². The summed E-state index contributed by atoms with van der Waals surface area (Å²) < 4.78 is 13.7. The molecule has 0 aliphatic carbocycles. The van der Waals surface area contributed by atoms with Crippen molar-refractivity contribution >= 4 is 5.69 Å². The zero-order chi connectivity index (χ0) is 15.4. The van der Waals surface area contributed by atoms with Crippen LogP contribution in [0.2, 0.25) is 0 Å². The van der Waals surface area contributed by atoms with Crippen LogP contribution in [0.1, 0.15) is 56.2 Å². The van der Waals surface area contributed by atoms with E-state index in [0.29, 0.717) is 23.9 Å². The van der Waals surface area contributed by atoms with Gasteiger partial charge >= 0.3 is 0 Å². The first-order chi connectivity index (χ1) is 9.99. The summed E-state index contributed by atoms with van der Waals surface area (Å²) in [6, 6.07) is 13.4. The molecule has 0 saturated carbocycles. The molecule has 0 unspecified atom stereocenters. The number of hydrogen-bond donors (Lipinski definition) is 1. The summed E-state index contributed by atoms with van der Waals surface area (Å²) in [6.45, 7) is 9.28. The molecule has 0 aromatic heterocycles. The highest BCUT2D eigenvalue weighted by Gasteiger charge is 2.10. The molecule has 21 heavy (non-hydrogen) atoms. The van der Waals surface area contributed by atoms with Crippen LogP contribution in [-0.4, -0.2) is 0 Å². The minimum absolute atomic E-state index is 0.158. The minimum atomic E-state index is -0.158. The first-order valence-corrected chi connectivity index (χ1v) is 7.60. The number of rotatable bonds is 5. The molecule has 0 radical (unpaired) electrons. The van der Waals surface area contributed by atoms with Crippen LogP contribution in [-0.2, 0) is 6.54 Å². The second-order valence-electron chi connectivity index (χ2n) is 6.10. The fourth-order valence-corrected chi connectivity index (χ4v) is 2.41. The van der Waals surface area contributed by atoms with Crippen LogP contribution in [0, 0.1) is 5.82 Å². The number of benzene rings is 2. The van der Waals surface area contributed by atoms with Gasteiger partial charge < -0.3 is 5.32 Å². The zero-order valence-corrected chi connectivity index (χ0v) is 13.3. The summed E-state index contributed by atoms with van der Waals surface area (Å²) in [6.07, 6.45) is 0. The highest BCUT2D eigenvalue weighted by Crippen LogP contribution is 2.28. The van der Waals surface area contributed by atoms with E-state index in [1.165, 1.54) is 17.2 Å². The maximum atomic E-state index is 13.7. The van der Waals surface area contributed by atoms with Crippen molar-refractivity contribution in [1.29, 1.82) is 0 Å². The Labute approximate surface area is 127 Å². The van der Waals surface area contributed by atoms with Crippen LogP contribution >= 0.6 is 0 Å². The Morgan fingerprint density at radius 2 is 1.67 bits per heavy atom. The van der Waals surface area contributed by atoms with E-state index in [4.69, 9.17) is 0 Å². The van der Waals surface area contributed by atoms with Gasteiger partial charge in [0.2, 0.25) is 0 Å². The Hall–Kier alpha value is -1.83. The fourth-order valence-electron chi connectivity index (χ4n) is 2.41. The average Bonchev–Trinajstić information content (AvgIpc) is 2.46. The molecule has 1 N–H and O–H groups in total. The molecule has 0 heterocycles. The lowest BCUT2D eigenvalue weighted by Crippen LogP contribution is -2.06. The molecule has 2 rings (SSSR count). The number of nitrogens with one attached hydrogen (secondary N) is 1. The molecule has 2 aromatic rings. The van der Waals surface area contributed by atoms with Gasteiger partial charge in [0, 0.05) is 17.8 Å². The molecule has 0 aliphatic rings. The van der Waals surface area contributed by atoms with Gasteiger partial charge in [-0.05, 0) is 35.1 Å². The molecular weight excluding hydrogens is 261 g/mol. The third-order valence-electron chi connectivity index (χ3n) is 3.79. The average molecular weight is 285 g/mol. The van der Waals surface area contributed by atoms with Crippen molar-refractivity contribution in [2.75, 3.05) is 5.32 Å². The van der Waals surface area contributed by atoms with E-state index in [2.05, 4.69) is 51.2 Å². The van der Waals surface area contributed by atoms with Crippen molar-refractivity contribution in [3.05, 3.63) is 65.0 Å². The SMILES string of the molecule is CC(C)c1ccc(NCc2ccccc2F)c(C(C)C)c1. The summed E-state index contributed by atoms with van der Waals surface area (Å²) in [5.41, 5.74) is 4.42. The molecule has 2 heteroatoms. The van der Waals surface area contributed by atoms with Gasteiger partial charge in [-0.15, -0.1) is 0 Å². The maximum absolute atomic E-state index is 13.7. The highest BCUT2D eigenvalue weighted by atomic mass is 19.1. The molecule has 0 bridgehead atoms. The maximum Gasteiger partial charge on any atom is 0.128 e. The van der Waals surface area contributed by atoms with E-state index in [-0.39, 0.29) is 5.82 Å². The molecule has 0 amide bonds. The normalized spacial score (nSPS) is 11.2. The zero-order valence-electron chi connectivity index (χ0n) is 13.3. The third kappa shape index (κ3) is 3.84. The Bertz CT molecular complexity index is 602. The van der Waals surface area contributed by atoms with Crippen molar-refractivity contribution < 1.29 is 4.39 Å². The lowest BCUT2D eigenvalue weighted by atomic mass is 9.94. The molecule has 0 spiro atoms. The van der Waals surface area contributed by atoms with Crippen LogP contribution in [0.5, 0.6) is 0 Å². The van der Waals surface area contributed by atoms with Crippen LogP contribution < -0.4 is 5.32 Å². The van der Waals surface area contributed by atoms with Gasteiger partial charge in [0.05, 0.1) is 0 Å².